The lowest BCUT2D eigenvalue weighted by molar-refractivity contribution is -0.165. The van der Waals surface area contributed by atoms with Gasteiger partial charge in [-0.15, -0.1) is 0 Å². The van der Waals surface area contributed by atoms with Crippen LogP contribution in [0.25, 0.3) is 0 Å². The third-order valence-electron chi connectivity index (χ3n) is 36.0. The first kappa shape index (κ1) is 109. The van der Waals surface area contributed by atoms with Crippen LogP contribution in [0.2, 0.25) is 0 Å². The average molecular weight is 1800 g/mol. The van der Waals surface area contributed by atoms with Gasteiger partial charge in [0.15, 0.2) is 0 Å². The topological polar surface area (TPSA) is 210 Å². The van der Waals surface area contributed by atoms with Crippen LogP contribution in [0.15, 0.2) is 0 Å². The second-order valence-electron chi connectivity index (χ2n) is 49.5. The van der Waals surface area contributed by atoms with Gasteiger partial charge in [0.25, 0.3) is 0 Å². The zero-order valence-corrected chi connectivity index (χ0v) is 86.2. The Morgan fingerprint density at radius 3 is 0.883 bits per heavy atom. The van der Waals surface area contributed by atoms with Crippen LogP contribution in [0, 0.1) is 143 Å². The Morgan fingerprint density at radius 2 is 0.539 bits per heavy atom. The van der Waals surface area contributed by atoms with E-state index in [2.05, 4.69) is 20.8 Å². The Morgan fingerprint density at radius 1 is 0.250 bits per heavy atom. The molecular weight excluding hydrogens is 1600 g/mol. The minimum atomic E-state index is -0.464. The summed E-state index contributed by atoms with van der Waals surface area (Å²) in [6.45, 7) is 45.8. The molecule has 0 N–H and O–H groups in total. The van der Waals surface area contributed by atoms with Gasteiger partial charge < -0.3 is 37.9 Å². The summed E-state index contributed by atoms with van der Waals surface area (Å²) in [7, 11) is 0. The van der Waals surface area contributed by atoms with Gasteiger partial charge in [-0.3, -0.25) is 38.4 Å². The molecule has 0 radical (unpaired) electrons. The number of carbonyl (C=O) groups excluding carboxylic acids is 8. The molecule has 0 aliphatic heterocycles. The predicted molar refractivity (Wildman–Crippen MR) is 514 cm³/mol. The maximum atomic E-state index is 12.2. The Hall–Kier alpha value is -4.24. The Kier molecular flexibility index (Phi) is 42.6. The van der Waals surface area contributed by atoms with E-state index in [1.807, 2.05) is 125 Å². The fraction of sp³-hybridized carbons (Fsp3) is 0.929. The second kappa shape index (κ2) is 50.0. The summed E-state index contributed by atoms with van der Waals surface area (Å²) in [6, 6.07) is 0. The maximum absolute atomic E-state index is 12.2. The van der Waals surface area contributed by atoms with E-state index in [0.29, 0.717) is 67.7 Å². The number of hydrogen-bond donors (Lipinski definition) is 0. The predicted octanol–water partition coefficient (Wildman–Crippen LogP) is 28.5. The van der Waals surface area contributed by atoms with Crippen LogP contribution in [-0.2, 0) is 76.3 Å². The van der Waals surface area contributed by atoms with Crippen molar-refractivity contribution in [3.8, 4) is 0 Å². The molecule has 17 fully saturated rings. The van der Waals surface area contributed by atoms with Gasteiger partial charge in [-0.25, -0.2) is 0 Å². The molecule has 128 heavy (non-hydrogen) atoms. The first-order chi connectivity index (χ1) is 60.4. The van der Waals surface area contributed by atoms with E-state index < -0.39 is 5.41 Å². The number of hydrogen-bond acceptors (Lipinski definition) is 16. The Bertz CT molecular complexity index is 3280. The third kappa shape index (κ3) is 33.3. The van der Waals surface area contributed by atoms with Gasteiger partial charge in [0, 0.05) is 5.41 Å². The molecular formula is C112H194O16. The SMILES string of the molecule is CCC(C)(C)C(=O)OCC12CC3CC(CC(C3)C1)C2.CCC(C)(C)C(=O)OCC1CCCCC1.CCC(C)(C)C(=O)OCCC12CC3CC(CC(C3)C1)C2.CCC(C)(C)C(=O)OCCC1CCCCC1.CCC(C)(C)C(=O)OCCCC12CC3CC(CC(C3)C1)C2.CCC(C)(C)C(=O)OCCCC1CCCCC1.CCC(C)(C)C(=O)OCCOC(=O)C1CC2CCC1C2. The van der Waals surface area contributed by atoms with Gasteiger partial charge in [0.05, 0.1) is 83.5 Å². The van der Waals surface area contributed by atoms with Crippen molar-refractivity contribution in [1.29, 1.82) is 0 Å². The number of rotatable bonds is 36. The van der Waals surface area contributed by atoms with Gasteiger partial charge in [-0.2, -0.15) is 0 Å². The highest BCUT2D eigenvalue weighted by atomic mass is 16.6. The molecule has 17 aliphatic rings. The summed E-state index contributed by atoms with van der Waals surface area (Å²) in [6.07, 6.45) is 63.4. The maximum Gasteiger partial charge on any atom is 0.311 e. The van der Waals surface area contributed by atoms with E-state index in [9.17, 15) is 38.4 Å². The second-order valence-corrected chi connectivity index (χ2v) is 49.5. The highest BCUT2D eigenvalue weighted by molar-refractivity contribution is 5.78. The van der Waals surface area contributed by atoms with Crippen molar-refractivity contribution in [1.82, 2.24) is 0 Å². The van der Waals surface area contributed by atoms with Crippen LogP contribution >= 0.6 is 0 Å². The zero-order chi connectivity index (χ0) is 93.9. The van der Waals surface area contributed by atoms with Crippen molar-refractivity contribution < 1.29 is 76.3 Å². The molecule has 17 rings (SSSR count). The highest BCUT2D eigenvalue weighted by Gasteiger charge is 2.55. The molecule has 0 amide bonds. The van der Waals surface area contributed by atoms with E-state index in [1.54, 1.807) is 0 Å². The minimum Gasteiger partial charge on any atom is -0.465 e. The number of esters is 8. The van der Waals surface area contributed by atoms with Gasteiger partial charge in [-0.1, -0.05) is 138 Å². The molecule has 0 aromatic carbocycles. The molecule has 0 saturated heterocycles. The Balaban J connectivity index is 0.000000185. The zero-order valence-electron chi connectivity index (χ0n) is 86.2. The summed E-state index contributed by atoms with van der Waals surface area (Å²) in [5.74, 6) is 12.1. The molecule has 0 heterocycles. The standard InChI is InChI=1S/C19H32O2.C18H30O2.C17H28O2.C16H26O4.C15H28O2.C14H26O2.C13H24O2/c1-4-18(2,3)17(20)21-7-5-6-19-11-14-8-15(12-19)10-16(9-14)13-19;1-4-17(2,3)16(19)20-6-5-18-10-13-7-14(11-18)9-15(8-13)12-18;1-4-16(2,3)15(18)19-11-17-8-12-5-13(9-17)7-14(6-12)10-17;1-4-16(2,3)15(18)20-8-7-19-14(17)13-10-11-5-6-12(13)9-11;1-4-15(2,3)14(16)17-12-8-11-13-9-6-5-7-10-13;1-4-14(2,3)13(15)16-11-10-12-8-6-5-7-9-12;1-4-13(2,3)12(14)15-10-11-8-6-5-7-9-11/h14-16H,4-13H2,1-3H3;13-15H,4-12H2,1-3H3;12-14H,4-11H2,1-3H3;11-13H,4-10H2,1-3H3;13H,4-12H2,1-3H3;12H,4-11H2,1-3H3;11H,4-10H2,1-3H3. The van der Waals surface area contributed by atoms with Crippen LogP contribution < -0.4 is 0 Å². The highest BCUT2D eigenvalue weighted by Crippen LogP contribution is 2.64. The van der Waals surface area contributed by atoms with E-state index in [-0.39, 0.29) is 99.4 Å². The first-order valence-electron chi connectivity index (χ1n) is 53.8. The number of ether oxygens (including phenoxy) is 8. The normalized spacial score (nSPS) is 29.7. The smallest absolute Gasteiger partial charge is 0.311 e. The monoisotopic (exact) mass is 1800 g/mol. The lowest BCUT2D eigenvalue weighted by Gasteiger charge is -2.57. The van der Waals surface area contributed by atoms with Gasteiger partial charge in [-0.05, 0) is 422 Å². The first-order valence-corrected chi connectivity index (χ1v) is 53.8. The summed E-state index contributed by atoms with van der Waals surface area (Å²) in [5.41, 5.74) is -0.841. The fourth-order valence-corrected chi connectivity index (χ4v) is 25.5. The van der Waals surface area contributed by atoms with Gasteiger partial charge in [0.1, 0.15) is 13.2 Å². The van der Waals surface area contributed by atoms with E-state index >= 15 is 0 Å². The fourth-order valence-electron chi connectivity index (χ4n) is 25.5. The summed E-state index contributed by atoms with van der Waals surface area (Å²) in [4.78, 5) is 95.1. The molecule has 16 nitrogen and oxygen atoms in total. The minimum absolute atomic E-state index is 0.00532. The van der Waals surface area contributed by atoms with Crippen molar-refractivity contribution in [3.63, 3.8) is 0 Å². The van der Waals surface area contributed by atoms with Crippen LogP contribution in [-0.4, -0.2) is 101 Å². The van der Waals surface area contributed by atoms with Crippen molar-refractivity contribution in [2.24, 2.45) is 143 Å². The average Bonchev–Trinajstić information content (AvgIpc) is 1.54. The van der Waals surface area contributed by atoms with E-state index in [0.717, 1.165) is 148 Å². The number of carbonyl (C=O) groups is 8. The van der Waals surface area contributed by atoms with Crippen molar-refractivity contribution in [2.45, 2.75) is 466 Å². The largest absolute Gasteiger partial charge is 0.465 e. The van der Waals surface area contributed by atoms with Crippen molar-refractivity contribution in [3.05, 3.63) is 0 Å². The molecule has 0 aromatic rings. The molecule has 17 saturated carbocycles. The summed E-state index contributed by atoms with van der Waals surface area (Å²) in [5, 5.41) is 0. The van der Waals surface area contributed by atoms with Crippen LogP contribution in [0.1, 0.15) is 466 Å². The summed E-state index contributed by atoms with van der Waals surface area (Å²) >= 11 is 0. The van der Waals surface area contributed by atoms with E-state index in [1.165, 1.54) is 244 Å². The molecule has 3 unspecified atom stereocenters. The summed E-state index contributed by atoms with van der Waals surface area (Å²) < 4.78 is 43.4. The van der Waals surface area contributed by atoms with Gasteiger partial charge >= 0.3 is 47.8 Å². The molecule has 738 valence electrons. The third-order valence-corrected chi connectivity index (χ3v) is 36.0. The molecule has 0 aromatic heterocycles. The van der Waals surface area contributed by atoms with Crippen molar-refractivity contribution in [2.75, 3.05) is 52.9 Å². The van der Waals surface area contributed by atoms with Crippen LogP contribution in [0.3, 0.4) is 0 Å². The molecule has 3 atom stereocenters. The molecule has 17 aliphatic carbocycles. The van der Waals surface area contributed by atoms with Gasteiger partial charge in [0.2, 0.25) is 0 Å². The van der Waals surface area contributed by atoms with Crippen LogP contribution in [0.5, 0.6) is 0 Å². The lowest BCUT2D eigenvalue weighted by atomic mass is 9.48. The number of fused-ring (bicyclic) bond motifs is 2. The molecule has 16 heteroatoms. The van der Waals surface area contributed by atoms with Crippen molar-refractivity contribution >= 4 is 47.8 Å². The van der Waals surface area contributed by atoms with Crippen LogP contribution in [0.4, 0.5) is 0 Å². The quantitative estimate of drug-likeness (QED) is 0.0324. The lowest BCUT2D eigenvalue weighted by Crippen LogP contribution is -2.48. The van der Waals surface area contributed by atoms with E-state index in [4.69, 9.17) is 37.9 Å². The molecule has 0 spiro atoms. The molecule has 14 bridgehead atoms. The Labute approximate surface area is 781 Å².